The van der Waals surface area contributed by atoms with Crippen molar-refractivity contribution in [1.82, 2.24) is 34.1 Å². The van der Waals surface area contributed by atoms with Crippen molar-refractivity contribution in [2.45, 2.75) is 63.6 Å². The molecule has 0 radical (unpaired) electrons. The molecule has 24 heteroatoms. The van der Waals surface area contributed by atoms with Crippen molar-refractivity contribution in [3.05, 3.63) is 33.5 Å². The van der Waals surface area contributed by atoms with Gasteiger partial charge in [-0.1, -0.05) is 0 Å². The summed E-state index contributed by atoms with van der Waals surface area (Å²) in [5.41, 5.74) is 9.74. The molecule has 3 aromatic rings. The van der Waals surface area contributed by atoms with Gasteiger partial charge < -0.3 is 44.8 Å². The van der Waals surface area contributed by atoms with Crippen LogP contribution in [0.2, 0.25) is 0 Å². The Bertz CT molecular complexity index is 1800. The average molecular weight is 702 g/mol. The topological polar surface area (TPSA) is 309 Å². The number of nitrogen functional groups attached to an aromatic ring is 2. The summed E-state index contributed by atoms with van der Waals surface area (Å²) in [6.07, 6.45) is -6.73. The molecule has 0 aliphatic carbocycles. The Morgan fingerprint density at radius 1 is 0.958 bits per heavy atom. The first-order valence-electron chi connectivity index (χ1n) is 14.4. The van der Waals surface area contributed by atoms with Crippen LogP contribution < -0.4 is 22.7 Å². The Hall–Kier alpha value is -4.67. The summed E-state index contributed by atoms with van der Waals surface area (Å²) in [4.78, 5) is 77.1. The van der Waals surface area contributed by atoms with E-state index in [2.05, 4.69) is 24.9 Å². The van der Waals surface area contributed by atoms with Crippen molar-refractivity contribution in [3.8, 4) is 0 Å². The normalized spacial score (nSPS) is 25.1. The van der Waals surface area contributed by atoms with Crippen molar-refractivity contribution in [2.24, 2.45) is 0 Å². The van der Waals surface area contributed by atoms with Crippen LogP contribution in [0.15, 0.2) is 22.2 Å². The van der Waals surface area contributed by atoms with Crippen LogP contribution in [0.3, 0.4) is 0 Å². The number of rotatable bonds is 12. The highest BCUT2D eigenvalue weighted by molar-refractivity contribution is 7.47. The molecule has 2 aliphatic heterocycles. The van der Waals surface area contributed by atoms with Crippen molar-refractivity contribution >= 4 is 43.2 Å². The van der Waals surface area contributed by atoms with Gasteiger partial charge in [-0.05, 0) is 13.8 Å². The second kappa shape index (κ2) is 14.6. The lowest BCUT2D eigenvalue weighted by molar-refractivity contribution is -0.0666. The predicted octanol–water partition coefficient (Wildman–Crippen LogP) is -0.272. The maximum atomic E-state index is 13.2. The molecular weight excluding hydrogens is 669 g/mol. The number of aromatic nitrogens is 7. The summed E-state index contributed by atoms with van der Waals surface area (Å²) in [5, 5.41) is 0. The lowest BCUT2D eigenvalue weighted by atomic mass is 10.2. The van der Waals surface area contributed by atoms with Crippen LogP contribution in [0.1, 0.15) is 39.1 Å². The Kier molecular flexibility index (Phi) is 10.6. The largest absolute Gasteiger partial charge is 0.508 e. The van der Waals surface area contributed by atoms with Gasteiger partial charge >= 0.3 is 25.8 Å². The minimum atomic E-state index is -4.97. The van der Waals surface area contributed by atoms with Gasteiger partial charge in [-0.25, -0.2) is 28.9 Å². The third kappa shape index (κ3) is 8.06. The number of imidazole rings is 1. The smallest absolute Gasteiger partial charge is 0.435 e. The number of anilines is 2. The molecule has 7 atom stereocenters. The zero-order valence-electron chi connectivity index (χ0n) is 25.4. The maximum Gasteiger partial charge on any atom is 0.508 e. The van der Waals surface area contributed by atoms with E-state index in [1.807, 2.05) is 0 Å². The van der Waals surface area contributed by atoms with Gasteiger partial charge in [0.2, 0.25) is 11.9 Å². The summed E-state index contributed by atoms with van der Waals surface area (Å²) >= 11 is 0. The molecule has 2 aliphatic rings. The molecule has 1 unspecified atom stereocenters. The van der Waals surface area contributed by atoms with Gasteiger partial charge in [0, 0.05) is 12.8 Å². The lowest BCUT2D eigenvalue weighted by Crippen LogP contribution is -2.32. The van der Waals surface area contributed by atoms with Crippen LogP contribution in [0, 0.1) is 0 Å². The Balaban J connectivity index is 1.31. The zero-order valence-corrected chi connectivity index (χ0v) is 26.3. The number of carbonyl (C=O) groups excluding carboxylic acids is 2. The van der Waals surface area contributed by atoms with Gasteiger partial charge in [-0.15, -0.1) is 0 Å². The van der Waals surface area contributed by atoms with E-state index in [4.69, 9.17) is 48.9 Å². The number of phosphoric acid groups is 1. The van der Waals surface area contributed by atoms with Crippen molar-refractivity contribution in [2.75, 3.05) is 37.9 Å². The monoisotopic (exact) mass is 701 g/mol. The molecule has 48 heavy (non-hydrogen) atoms. The molecule has 0 amide bonds. The number of fused-ring (bicyclic) bond motifs is 1. The van der Waals surface area contributed by atoms with E-state index in [9.17, 15) is 28.6 Å². The second-order valence-corrected chi connectivity index (χ2v) is 11.6. The van der Waals surface area contributed by atoms with E-state index >= 15 is 0 Å². The van der Waals surface area contributed by atoms with Gasteiger partial charge in [0.15, 0.2) is 11.2 Å². The number of H-pyrrole nitrogens is 1. The Labute approximate surface area is 269 Å². The van der Waals surface area contributed by atoms with E-state index < -0.39 is 81.5 Å². The van der Waals surface area contributed by atoms with Gasteiger partial charge in [0.1, 0.15) is 49.8 Å². The summed E-state index contributed by atoms with van der Waals surface area (Å²) < 4.78 is 58.0. The van der Waals surface area contributed by atoms with Crippen LogP contribution in [-0.4, -0.2) is 102 Å². The van der Waals surface area contributed by atoms with Crippen LogP contribution in [0.5, 0.6) is 0 Å². The minimum Gasteiger partial charge on any atom is -0.435 e. The number of nitrogens with two attached hydrogens (primary N) is 2. The number of phosphoric ester groups is 1. The molecule has 0 spiro atoms. The molecule has 0 bridgehead atoms. The minimum absolute atomic E-state index is 0.00224. The van der Waals surface area contributed by atoms with Crippen molar-refractivity contribution in [1.29, 1.82) is 0 Å². The number of aromatic amines is 1. The third-order valence-electron chi connectivity index (χ3n) is 6.99. The fourth-order valence-electron chi connectivity index (χ4n) is 4.94. The molecule has 3 aromatic heterocycles. The third-order valence-corrected chi connectivity index (χ3v) is 8.00. The number of hydrogen-bond donors (Lipinski definition) is 4. The predicted molar refractivity (Wildman–Crippen MR) is 156 cm³/mol. The number of carbonyl (C=O) groups is 2. The van der Waals surface area contributed by atoms with E-state index in [-0.39, 0.29) is 49.1 Å². The molecule has 0 saturated carbocycles. The highest BCUT2D eigenvalue weighted by atomic mass is 31.2. The first-order chi connectivity index (χ1) is 22.9. The van der Waals surface area contributed by atoms with Crippen molar-refractivity contribution < 1.29 is 56.5 Å². The molecule has 6 N–H and O–H groups in total. The van der Waals surface area contributed by atoms with E-state index in [0.717, 1.165) is 10.9 Å². The van der Waals surface area contributed by atoms with Gasteiger partial charge in [-0.2, -0.15) is 9.97 Å². The van der Waals surface area contributed by atoms with Crippen LogP contribution in [0.25, 0.3) is 11.2 Å². The standard InChI is InChI=1S/C24H32N9O14P/c1-3-40-23(36)42-7-13-12(6-15(44-13)32-9-27-17-18(32)29-21(26)30-19(17)34)47-48(38,39)43-8-14-11(46-24(37)41-4-2)5-16(45-14)33-10-28-20(25)31-22(33)35/h9-16H,3-8H2,1-2H3,(H,38,39)(H2,25,31,35)(H3,26,29,30,34)/t11-,12-,13-,14-,15-,16-/m1/s1. The van der Waals surface area contributed by atoms with E-state index in [0.29, 0.717) is 0 Å². The highest BCUT2D eigenvalue weighted by Crippen LogP contribution is 2.49. The zero-order chi connectivity index (χ0) is 34.6. The van der Waals surface area contributed by atoms with Gasteiger partial charge in [-0.3, -0.25) is 28.0 Å². The highest BCUT2D eigenvalue weighted by Gasteiger charge is 2.45. The Morgan fingerprint density at radius 3 is 2.31 bits per heavy atom. The summed E-state index contributed by atoms with van der Waals surface area (Å²) in [6, 6.07) is 0. The SMILES string of the molecule is CCOC(=O)OC[C@H]1O[C@@H](n2cnc3c(=O)[nH]c(N)nc32)C[C@H]1OP(=O)(O)OC[C@H]1O[C@@H](n2cnc(N)nc2=O)C[C@H]1OC(=O)OCC. The molecule has 0 aromatic carbocycles. The first-order valence-corrected chi connectivity index (χ1v) is 15.9. The van der Waals surface area contributed by atoms with Gasteiger partial charge in [0.25, 0.3) is 5.56 Å². The average Bonchev–Trinajstić information content (AvgIpc) is 3.72. The van der Waals surface area contributed by atoms with Crippen molar-refractivity contribution in [3.63, 3.8) is 0 Å². The summed E-state index contributed by atoms with van der Waals surface area (Å²) in [7, 11) is -4.97. The number of nitrogens with zero attached hydrogens (tertiary/aromatic N) is 6. The lowest BCUT2D eigenvalue weighted by Gasteiger charge is -2.23. The number of nitrogens with one attached hydrogen (secondary N) is 1. The molecule has 23 nitrogen and oxygen atoms in total. The van der Waals surface area contributed by atoms with E-state index in [1.54, 1.807) is 13.8 Å². The van der Waals surface area contributed by atoms with Gasteiger partial charge in [0.05, 0.1) is 26.1 Å². The number of ether oxygens (including phenoxy) is 6. The Morgan fingerprint density at radius 2 is 1.60 bits per heavy atom. The second-order valence-electron chi connectivity index (χ2n) is 10.2. The molecule has 5 heterocycles. The quantitative estimate of drug-likeness (QED) is 0.139. The summed E-state index contributed by atoms with van der Waals surface area (Å²) in [5.74, 6) is -0.461. The molecule has 2 saturated heterocycles. The maximum absolute atomic E-state index is 13.2. The van der Waals surface area contributed by atoms with Crippen LogP contribution >= 0.6 is 7.82 Å². The molecule has 5 rings (SSSR count). The molecule has 262 valence electrons. The fourth-order valence-corrected chi connectivity index (χ4v) is 5.90. The molecular formula is C24H32N9O14P. The molecule has 2 fully saturated rings. The first kappa shape index (κ1) is 34.7. The van der Waals surface area contributed by atoms with Crippen LogP contribution in [0.4, 0.5) is 21.5 Å². The fraction of sp³-hybridized carbons (Fsp3) is 0.583. The summed E-state index contributed by atoms with van der Waals surface area (Å²) in [6.45, 7) is 2.02. The van der Waals surface area contributed by atoms with Crippen LogP contribution in [-0.2, 0) is 42.0 Å². The number of hydrogen-bond acceptors (Lipinski definition) is 19. The van der Waals surface area contributed by atoms with E-state index in [1.165, 1.54) is 10.9 Å².